The van der Waals surface area contributed by atoms with Gasteiger partial charge in [-0.3, -0.25) is 0 Å². The number of morpholine rings is 1. The number of halogens is 1. The van der Waals surface area contributed by atoms with Crippen molar-refractivity contribution in [2.24, 2.45) is 0 Å². The van der Waals surface area contributed by atoms with Crippen molar-refractivity contribution in [1.82, 2.24) is 9.38 Å². The van der Waals surface area contributed by atoms with Crippen LogP contribution in [0.5, 0.6) is 0 Å². The molecular formula is C21H23BrN4O+2. The van der Waals surface area contributed by atoms with E-state index in [0.29, 0.717) is 0 Å². The Morgan fingerprint density at radius 1 is 1.07 bits per heavy atom. The van der Waals surface area contributed by atoms with Crippen LogP contribution in [0.1, 0.15) is 0 Å². The number of H-pyrrole nitrogens is 1. The van der Waals surface area contributed by atoms with E-state index in [0.717, 1.165) is 55.3 Å². The summed E-state index contributed by atoms with van der Waals surface area (Å²) < 4.78 is 11.3. The first-order chi connectivity index (χ1) is 13.3. The number of fused-ring (bicyclic) bond motifs is 3. The minimum absolute atomic E-state index is 0.877. The molecule has 0 amide bonds. The molecule has 0 aliphatic carbocycles. The molecule has 138 valence electrons. The lowest BCUT2D eigenvalue weighted by molar-refractivity contribution is -0.923. The number of rotatable bonds is 4. The summed E-state index contributed by atoms with van der Waals surface area (Å²) in [5, 5.41) is 0. The van der Waals surface area contributed by atoms with Crippen LogP contribution < -0.4 is 9.47 Å². The normalized spacial score (nSPS) is 15.7. The summed E-state index contributed by atoms with van der Waals surface area (Å²) in [4.78, 5) is 5.28. The molecule has 6 heteroatoms. The van der Waals surface area contributed by atoms with E-state index in [2.05, 4.69) is 84.6 Å². The Balaban J connectivity index is 1.55. The maximum Gasteiger partial charge on any atom is 0.368 e. The van der Waals surface area contributed by atoms with Crippen LogP contribution in [0.25, 0.3) is 28.1 Å². The van der Waals surface area contributed by atoms with Crippen LogP contribution in [0.15, 0.2) is 59.2 Å². The summed E-state index contributed by atoms with van der Waals surface area (Å²) in [5.74, 6) is 1.14. The van der Waals surface area contributed by atoms with Crippen LogP contribution in [-0.4, -0.2) is 42.2 Å². The highest BCUT2D eigenvalue weighted by Crippen LogP contribution is 2.23. The molecule has 0 unspecified atom stereocenters. The molecule has 2 aromatic heterocycles. The van der Waals surface area contributed by atoms with E-state index in [1.807, 2.05) is 0 Å². The summed E-state index contributed by atoms with van der Waals surface area (Å²) in [7, 11) is 0. The number of ether oxygens (including phenoxy) is 1. The molecule has 5 rings (SSSR count). The summed E-state index contributed by atoms with van der Waals surface area (Å²) in [6.07, 6.45) is 2.21. The third-order valence-corrected chi connectivity index (χ3v) is 5.99. The van der Waals surface area contributed by atoms with Gasteiger partial charge in [0.05, 0.1) is 13.2 Å². The first-order valence-electron chi connectivity index (χ1n) is 9.48. The van der Waals surface area contributed by atoms with Crippen LogP contribution >= 0.6 is 15.9 Å². The Hall–Kier alpha value is -2.15. The maximum atomic E-state index is 5.50. The Bertz CT molecular complexity index is 1080. The number of nitrogens with zero attached hydrogens (tertiary/aromatic N) is 2. The number of imidazole rings is 2. The topological polar surface area (TPSA) is 37.8 Å². The molecule has 0 bridgehead atoms. The van der Waals surface area contributed by atoms with E-state index in [1.54, 1.807) is 4.90 Å². The van der Waals surface area contributed by atoms with Crippen molar-refractivity contribution in [3.63, 3.8) is 0 Å². The zero-order chi connectivity index (χ0) is 18.2. The van der Waals surface area contributed by atoms with Crippen LogP contribution in [-0.2, 0) is 11.3 Å². The average Bonchev–Trinajstić information content (AvgIpc) is 3.26. The third-order valence-electron chi connectivity index (χ3n) is 5.46. The predicted octanol–water partition coefficient (Wildman–Crippen LogP) is 2.05. The Morgan fingerprint density at radius 3 is 2.67 bits per heavy atom. The molecule has 0 saturated carbocycles. The van der Waals surface area contributed by atoms with Crippen LogP contribution in [0.3, 0.4) is 0 Å². The van der Waals surface area contributed by atoms with Crippen LogP contribution in [0.4, 0.5) is 0 Å². The van der Waals surface area contributed by atoms with E-state index in [1.165, 1.54) is 16.6 Å². The summed E-state index contributed by atoms with van der Waals surface area (Å²) in [6, 6.07) is 17.1. The minimum atomic E-state index is 0.877. The SMILES string of the molecule is Brc1ccc(-c2cn3c4ccccc4[n+](CC[NH+]4CCOCC4)c3[nH]2)cc1. The second kappa shape index (κ2) is 7.11. The number of aromatic amines is 1. The summed E-state index contributed by atoms with van der Waals surface area (Å²) in [5.41, 5.74) is 4.84. The number of quaternary nitrogens is 1. The Kier molecular flexibility index (Phi) is 4.47. The van der Waals surface area contributed by atoms with E-state index in [9.17, 15) is 0 Å². The first-order valence-corrected chi connectivity index (χ1v) is 10.3. The fourth-order valence-corrected chi connectivity index (χ4v) is 4.24. The molecule has 0 radical (unpaired) electrons. The summed E-state index contributed by atoms with van der Waals surface area (Å²) >= 11 is 3.52. The lowest BCUT2D eigenvalue weighted by atomic mass is 10.2. The fraction of sp³-hybridized carbons (Fsp3) is 0.286. The minimum Gasteiger partial charge on any atom is -0.370 e. The third kappa shape index (κ3) is 3.18. The van der Waals surface area contributed by atoms with Gasteiger partial charge in [-0.1, -0.05) is 40.2 Å². The number of benzene rings is 2. The molecule has 0 atom stereocenters. The van der Waals surface area contributed by atoms with Crippen molar-refractivity contribution in [1.29, 1.82) is 0 Å². The number of hydrogen-bond acceptors (Lipinski definition) is 1. The highest BCUT2D eigenvalue weighted by atomic mass is 79.9. The largest absolute Gasteiger partial charge is 0.370 e. The molecule has 0 spiro atoms. The van der Waals surface area contributed by atoms with Gasteiger partial charge >= 0.3 is 5.78 Å². The highest BCUT2D eigenvalue weighted by molar-refractivity contribution is 9.10. The molecule has 1 aliphatic rings. The van der Waals surface area contributed by atoms with Gasteiger partial charge in [-0.05, 0) is 24.3 Å². The zero-order valence-electron chi connectivity index (χ0n) is 15.1. The molecule has 4 aromatic rings. The molecule has 1 aliphatic heterocycles. The Morgan fingerprint density at radius 2 is 1.85 bits per heavy atom. The zero-order valence-corrected chi connectivity index (χ0v) is 16.7. The van der Waals surface area contributed by atoms with Crippen molar-refractivity contribution in [2.75, 3.05) is 32.8 Å². The molecular weight excluding hydrogens is 404 g/mol. The van der Waals surface area contributed by atoms with Gasteiger partial charge in [0.1, 0.15) is 49.1 Å². The standard InChI is InChI=1S/C21H21BrN4O/c22-17-7-5-16(6-8-17)18-15-26-20-4-2-1-3-19(20)25(21(26)23-18)10-9-24-11-13-27-14-12-24/h1-8,15H,9-14H2/p+2. The van der Waals surface area contributed by atoms with E-state index in [-0.39, 0.29) is 0 Å². The highest BCUT2D eigenvalue weighted by Gasteiger charge is 2.23. The van der Waals surface area contributed by atoms with E-state index < -0.39 is 0 Å². The Labute approximate surface area is 166 Å². The molecule has 27 heavy (non-hydrogen) atoms. The molecule has 1 saturated heterocycles. The van der Waals surface area contributed by atoms with Gasteiger partial charge in [0.15, 0.2) is 0 Å². The molecule has 2 aromatic carbocycles. The van der Waals surface area contributed by atoms with Crippen molar-refractivity contribution < 1.29 is 14.2 Å². The van der Waals surface area contributed by atoms with Gasteiger partial charge in [-0.15, -0.1) is 0 Å². The van der Waals surface area contributed by atoms with E-state index in [4.69, 9.17) is 4.74 Å². The number of nitrogens with one attached hydrogen (secondary N) is 2. The molecule has 1 fully saturated rings. The van der Waals surface area contributed by atoms with Crippen LogP contribution in [0.2, 0.25) is 0 Å². The lowest BCUT2D eigenvalue weighted by Crippen LogP contribution is -3.14. The van der Waals surface area contributed by atoms with Crippen molar-refractivity contribution >= 4 is 32.7 Å². The summed E-state index contributed by atoms with van der Waals surface area (Å²) in [6.45, 7) is 6.07. The maximum absolute atomic E-state index is 5.50. The smallest absolute Gasteiger partial charge is 0.368 e. The average molecular weight is 427 g/mol. The van der Waals surface area contributed by atoms with Gasteiger partial charge in [-0.25, -0.2) is 9.55 Å². The molecule has 2 N–H and O–H groups in total. The number of aromatic nitrogens is 3. The van der Waals surface area contributed by atoms with Crippen LogP contribution in [0, 0.1) is 0 Å². The lowest BCUT2D eigenvalue weighted by Gasteiger charge is -2.23. The first kappa shape index (κ1) is 17.0. The van der Waals surface area contributed by atoms with Crippen molar-refractivity contribution in [3.8, 4) is 11.3 Å². The second-order valence-corrected chi connectivity index (χ2v) is 8.04. The molecule has 5 nitrogen and oxygen atoms in total. The number of hydrogen-bond donors (Lipinski definition) is 2. The van der Waals surface area contributed by atoms with Crippen molar-refractivity contribution in [3.05, 3.63) is 59.2 Å². The van der Waals surface area contributed by atoms with Gasteiger partial charge < -0.3 is 9.64 Å². The monoisotopic (exact) mass is 426 g/mol. The fourth-order valence-electron chi connectivity index (χ4n) is 3.98. The molecule has 3 heterocycles. The number of para-hydroxylation sites is 2. The van der Waals surface area contributed by atoms with E-state index >= 15 is 0 Å². The predicted molar refractivity (Wildman–Crippen MR) is 109 cm³/mol. The van der Waals surface area contributed by atoms with Crippen molar-refractivity contribution in [2.45, 2.75) is 6.54 Å². The van der Waals surface area contributed by atoms with Gasteiger partial charge in [0, 0.05) is 10.0 Å². The van der Waals surface area contributed by atoms with Gasteiger partial charge in [0.2, 0.25) is 0 Å². The van der Waals surface area contributed by atoms with Gasteiger partial charge in [0.25, 0.3) is 0 Å². The van der Waals surface area contributed by atoms with Gasteiger partial charge in [-0.2, -0.15) is 4.40 Å². The second-order valence-electron chi connectivity index (χ2n) is 7.12. The quantitative estimate of drug-likeness (QED) is 0.481.